The van der Waals surface area contributed by atoms with Crippen LogP contribution in [0.15, 0.2) is 91.1 Å². The molecular weight excluding hydrogens is 416 g/mol. The summed E-state index contributed by atoms with van der Waals surface area (Å²) in [5.74, 6) is 0.792. The Morgan fingerprint density at radius 1 is 0.906 bits per heavy atom. The van der Waals surface area contributed by atoms with Crippen molar-refractivity contribution in [3.05, 3.63) is 108 Å². The molecule has 0 bridgehead atoms. The second-order valence-corrected chi connectivity index (χ2v) is 8.16. The van der Waals surface area contributed by atoms with Crippen LogP contribution in [0.4, 0.5) is 5.69 Å². The van der Waals surface area contributed by atoms with Crippen molar-refractivity contribution < 1.29 is 4.74 Å². The van der Waals surface area contributed by atoms with Gasteiger partial charge in [-0.15, -0.1) is 0 Å². The molecule has 2 aromatic carbocycles. The number of aromatic nitrogens is 2. The summed E-state index contributed by atoms with van der Waals surface area (Å²) in [6.45, 7) is 2.13. The van der Waals surface area contributed by atoms with Crippen LogP contribution in [-0.2, 0) is 0 Å². The van der Waals surface area contributed by atoms with Gasteiger partial charge in [-0.2, -0.15) is 0 Å². The Labute approximate surface area is 193 Å². The second kappa shape index (κ2) is 8.48. The Hall–Kier alpha value is -3.64. The zero-order valence-electron chi connectivity index (χ0n) is 18.0. The van der Waals surface area contributed by atoms with Gasteiger partial charge >= 0.3 is 0 Å². The van der Waals surface area contributed by atoms with Crippen LogP contribution in [0.3, 0.4) is 0 Å². The first-order valence-corrected chi connectivity index (χ1v) is 11.0. The van der Waals surface area contributed by atoms with Gasteiger partial charge in [-0.3, -0.25) is 4.98 Å². The molecule has 5 rings (SSSR count). The molecule has 6 heteroatoms. The van der Waals surface area contributed by atoms with Crippen molar-refractivity contribution in [2.75, 3.05) is 12.0 Å². The molecule has 1 fully saturated rings. The van der Waals surface area contributed by atoms with E-state index in [1.54, 1.807) is 7.11 Å². The Balaban J connectivity index is 1.70. The molecule has 160 valence electrons. The maximum atomic E-state index is 5.86. The molecule has 32 heavy (non-hydrogen) atoms. The van der Waals surface area contributed by atoms with Crippen molar-refractivity contribution in [2.45, 2.75) is 19.0 Å². The number of rotatable bonds is 5. The van der Waals surface area contributed by atoms with Gasteiger partial charge in [0.05, 0.1) is 18.8 Å². The number of para-hydroxylation sites is 1. The van der Waals surface area contributed by atoms with Crippen LogP contribution < -0.4 is 15.0 Å². The van der Waals surface area contributed by atoms with E-state index in [-0.39, 0.29) is 12.1 Å². The number of thiocarbonyl (C=S) groups is 1. The number of hydrogen-bond acceptors (Lipinski definition) is 3. The average Bonchev–Trinajstić information content (AvgIpc) is 3.39. The standard InChI is InChI=1S/C26H24N4OS/c1-18-14-15-23(29(18)19-9-4-3-5-10-19)25-24(22-13-6-7-16-27-22)28-26(32)30(25)20-11-8-12-21(17-20)31-2/h3-17,24-25H,1-2H3,(H,28,32)/t24-,25+/m0/s1. The van der Waals surface area contributed by atoms with Crippen LogP contribution in [0, 0.1) is 6.92 Å². The number of methoxy groups -OCH3 is 1. The summed E-state index contributed by atoms with van der Waals surface area (Å²) in [7, 11) is 1.68. The highest BCUT2D eigenvalue weighted by molar-refractivity contribution is 7.80. The molecule has 2 aromatic heterocycles. The lowest BCUT2D eigenvalue weighted by atomic mass is 10.0. The van der Waals surface area contributed by atoms with Gasteiger partial charge in [0.2, 0.25) is 0 Å². The van der Waals surface area contributed by atoms with Crippen LogP contribution in [0.1, 0.15) is 29.2 Å². The molecule has 0 unspecified atom stereocenters. The van der Waals surface area contributed by atoms with E-state index in [1.807, 2.05) is 48.7 Å². The van der Waals surface area contributed by atoms with Gasteiger partial charge in [0.15, 0.2) is 5.11 Å². The fourth-order valence-corrected chi connectivity index (χ4v) is 4.76. The van der Waals surface area contributed by atoms with E-state index in [0.29, 0.717) is 5.11 Å². The van der Waals surface area contributed by atoms with Crippen molar-refractivity contribution >= 4 is 23.0 Å². The average molecular weight is 441 g/mol. The molecule has 1 N–H and O–H groups in total. The van der Waals surface area contributed by atoms with E-state index in [2.05, 4.69) is 69.2 Å². The summed E-state index contributed by atoms with van der Waals surface area (Å²) in [4.78, 5) is 6.83. The van der Waals surface area contributed by atoms with Crippen LogP contribution in [-0.4, -0.2) is 21.8 Å². The zero-order valence-corrected chi connectivity index (χ0v) is 18.8. The Morgan fingerprint density at radius 2 is 1.69 bits per heavy atom. The van der Waals surface area contributed by atoms with Gasteiger partial charge in [-0.1, -0.05) is 30.3 Å². The van der Waals surface area contributed by atoms with Gasteiger partial charge in [-0.05, 0) is 67.7 Å². The number of benzene rings is 2. The smallest absolute Gasteiger partial charge is 0.174 e. The topological polar surface area (TPSA) is 42.3 Å². The van der Waals surface area contributed by atoms with Crippen LogP contribution in [0.2, 0.25) is 0 Å². The molecule has 1 aliphatic heterocycles. The molecule has 2 atom stereocenters. The SMILES string of the molecule is COc1cccc(N2C(=S)N[C@@H](c3ccccn3)[C@H]2c2ccc(C)n2-c2ccccc2)c1. The highest BCUT2D eigenvalue weighted by atomic mass is 32.1. The summed E-state index contributed by atoms with van der Waals surface area (Å²) < 4.78 is 7.79. The normalized spacial score (nSPS) is 17.9. The number of nitrogens with one attached hydrogen (secondary N) is 1. The summed E-state index contributed by atoms with van der Waals surface area (Å²) in [5.41, 5.74) is 5.34. The summed E-state index contributed by atoms with van der Waals surface area (Å²) in [5, 5.41) is 4.20. The first-order chi connectivity index (χ1) is 15.7. The van der Waals surface area contributed by atoms with Gasteiger partial charge in [0.25, 0.3) is 0 Å². The molecular formula is C26H24N4OS. The second-order valence-electron chi connectivity index (χ2n) is 7.77. The van der Waals surface area contributed by atoms with E-state index >= 15 is 0 Å². The first-order valence-electron chi connectivity index (χ1n) is 10.6. The van der Waals surface area contributed by atoms with Crippen molar-refractivity contribution in [1.29, 1.82) is 0 Å². The Bertz CT molecular complexity index is 1240. The minimum absolute atomic E-state index is 0.0987. The monoisotopic (exact) mass is 440 g/mol. The third-order valence-electron chi connectivity index (χ3n) is 5.85. The van der Waals surface area contributed by atoms with Crippen LogP contribution >= 0.6 is 12.2 Å². The number of anilines is 1. The minimum Gasteiger partial charge on any atom is -0.497 e. The fraction of sp³-hybridized carbons (Fsp3) is 0.154. The van der Waals surface area contributed by atoms with Gasteiger partial charge in [0, 0.05) is 35.0 Å². The predicted molar refractivity (Wildman–Crippen MR) is 131 cm³/mol. The van der Waals surface area contributed by atoms with E-state index in [0.717, 1.165) is 34.2 Å². The number of aryl methyl sites for hydroxylation is 1. The predicted octanol–water partition coefficient (Wildman–Crippen LogP) is 5.37. The molecule has 0 aliphatic carbocycles. The third kappa shape index (κ3) is 3.52. The number of nitrogens with zero attached hydrogens (tertiary/aromatic N) is 3. The summed E-state index contributed by atoms with van der Waals surface area (Å²) in [6.07, 6.45) is 1.83. The third-order valence-corrected chi connectivity index (χ3v) is 6.17. The summed E-state index contributed by atoms with van der Waals surface area (Å²) in [6, 6.07) is 28.6. The zero-order chi connectivity index (χ0) is 22.1. The number of ether oxygens (including phenoxy) is 1. The van der Waals surface area contributed by atoms with Crippen molar-refractivity contribution in [3.63, 3.8) is 0 Å². The lowest BCUT2D eigenvalue weighted by molar-refractivity contribution is 0.414. The lowest BCUT2D eigenvalue weighted by Crippen LogP contribution is -2.30. The minimum atomic E-state index is -0.105. The molecule has 0 spiro atoms. The molecule has 3 heterocycles. The van der Waals surface area contributed by atoms with E-state index in [9.17, 15) is 0 Å². The largest absolute Gasteiger partial charge is 0.497 e. The first kappa shape index (κ1) is 20.3. The van der Waals surface area contributed by atoms with Gasteiger partial charge in [-0.25, -0.2) is 0 Å². The maximum Gasteiger partial charge on any atom is 0.174 e. The van der Waals surface area contributed by atoms with E-state index < -0.39 is 0 Å². The summed E-state index contributed by atoms with van der Waals surface area (Å²) >= 11 is 5.86. The van der Waals surface area contributed by atoms with E-state index in [4.69, 9.17) is 17.0 Å². The van der Waals surface area contributed by atoms with Crippen molar-refractivity contribution in [3.8, 4) is 11.4 Å². The molecule has 0 saturated carbocycles. The van der Waals surface area contributed by atoms with Crippen molar-refractivity contribution in [2.24, 2.45) is 0 Å². The van der Waals surface area contributed by atoms with Crippen molar-refractivity contribution in [1.82, 2.24) is 14.9 Å². The van der Waals surface area contributed by atoms with Gasteiger partial charge in [0.1, 0.15) is 11.8 Å². The molecule has 0 amide bonds. The van der Waals surface area contributed by atoms with Crippen LogP contribution in [0.5, 0.6) is 5.75 Å². The molecule has 5 nitrogen and oxygen atoms in total. The lowest BCUT2D eigenvalue weighted by Gasteiger charge is -2.29. The molecule has 1 aliphatic rings. The highest BCUT2D eigenvalue weighted by Crippen LogP contribution is 2.43. The quantitative estimate of drug-likeness (QED) is 0.423. The van der Waals surface area contributed by atoms with Gasteiger partial charge < -0.3 is 19.5 Å². The fourth-order valence-electron chi connectivity index (χ4n) is 4.41. The Morgan fingerprint density at radius 3 is 2.44 bits per heavy atom. The van der Waals surface area contributed by atoms with E-state index in [1.165, 1.54) is 0 Å². The number of hydrogen-bond donors (Lipinski definition) is 1. The molecule has 1 saturated heterocycles. The molecule has 0 radical (unpaired) electrons. The Kier molecular flexibility index (Phi) is 5.37. The maximum absolute atomic E-state index is 5.86. The van der Waals surface area contributed by atoms with Crippen LogP contribution in [0.25, 0.3) is 5.69 Å². The molecule has 4 aromatic rings. The number of pyridine rings is 1. The highest BCUT2D eigenvalue weighted by Gasteiger charge is 2.42.